The quantitative estimate of drug-likeness (QED) is 0.769. The van der Waals surface area contributed by atoms with E-state index < -0.39 is 5.54 Å². The minimum absolute atomic E-state index is 0.135. The van der Waals surface area contributed by atoms with Gasteiger partial charge in [0.1, 0.15) is 5.54 Å². The first-order chi connectivity index (χ1) is 8.13. The molecule has 3 heteroatoms. The van der Waals surface area contributed by atoms with Crippen LogP contribution in [0, 0.1) is 16.7 Å². The van der Waals surface area contributed by atoms with E-state index in [4.69, 9.17) is 0 Å². The van der Waals surface area contributed by atoms with E-state index in [1.807, 2.05) is 13.8 Å². The van der Waals surface area contributed by atoms with E-state index in [0.717, 1.165) is 32.1 Å². The van der Waals surface area contributed by atoms with Crippen molar-refractivity contribution in [2.75, 3.05) is 0 Å². The van der Waals surface area contributed by atoms with Crippen molar-refractivity contribution in [3.8, 4) is 6.07 Å². The molecule has 0 amide bonds. The number of nitriles is 1. The number of rotatable bonds is 3. The molecule has 1 aliphatic carbocycles. The van der Waals surface area contributed by atoms with Crippen LogP contribution in [0.25, 0.3) is 0 Å². The van der Waals surface area contributed by atoms with E-state index >= 15 is 0 Å². The maximum atomic E-state index is 10.6. The van der Waals surface area contributed by atoms with Gasteiger partial charge in [-0.1, -0.05) is 40.0 Å². The van der Waals surface area contributed by atoms with Gasteiger partial charge in [0, 0.05) is 5.54 Å². The van der Waals surface area contributed by atoms with Crippen LogP contribution in [0.1, 0.15) is 73.1 Å². The van der Waals surface area contributed by atoms with E-state index in [-0.39, 0.29) is 11.0 Å². The third-order valence-corrected chi connectivity index (χ3v) is 3.83. The number of nitrogens with zero attached hydrogens (tertiary/aromatic N) is 2. The SMILES string of the molecule is CC(C)(C)CC(C)(C)N(O)C1(C#N)CCCCC1. The zero-order chi connectivity index (χ0) is 14.0. The summed E-state index contributed by atoms with van der Waals surface area (Å²) in [5.74, 6) is 0. The Kier molecular flexibility index (Phi) is 4.46. The molecule has 1 fully saturated rings. The molecule has 1 rings (SSSR count). The summed E-state index contributed by atoms with van der Waals surface area (Å²) in [7, 11) is 0. The molecule has 3 nitrogen and oxygen atoms in total. The van der Waals surface area contributed by atoms with Crippen molar-refractivity contribution in [1.82, 2.24) is 5.06 Å². The van der Waals surface area contributed by atoms with Gasteiger partial charge < -0.3 is 5.21 Å². The van der Waals surface area contributed by atoms with Crippen LogP contribution in [0.2, 0.25) is 0 Å². The molecule has 0 aliphatic heterocycles. The maximum absolute atomic E-state index is 10.6. The summed E-state index contributed by atoms with van der Waals surface area (Å²) >= 11 is 0. The van der Waals surface area contributed by atoms with Crippen molar-refractivity contribution >= 4 is 0 Å². The van der Waals surface area contributed by atoms with Crippen molar-refractivity contribution in [2.45, 2.75) is 84.2 Å². The highest BCUT2D eigenvalue weighted by atomic mass is 16.5. The summed E-state index contributed by atoms with van der Waals surface area (Å²) in [5, 5.41) is 21.5. The molecular weight excluding hydrogens is 224 g/mol. The van der Waals surface area contributed by atoms with Gasteiger partial charge in [0.25, 0.3) is 0 Å². The monoisotopic (exact) mass is 252 g/mol. The predicted octanol–water partition coefficient (Wildman–Crippen LogP) is 4.12. The fourth-order valence-electron chi connectivity index (χ4n) is 3.46. The van der Waals surface area contributed by atoms with Crippen molar-refractivity contribution in [3.63, 3.8) is 0 Å². The number of hydroxylamine groups is 2. The minimum Gasteiger partial charge on any atom is -0.312 e. The normalized spacial score (nSPS) is 20.8. The minimum atomic E-state index is -0.674. The fourth-order valence-corrected chi connectivity index (χ4v) is 3.46. The van der Waals surface area contributed by atoms with E-state index in [9.17, 15) is 10.5 Å². The number of hydrogen-bond donors (Lipinski definition) is 1. The van der Waals surface area contributed by atoms with Gasteiger partial charge in [0.15, 0.2) is 0 Å². The zero-order valence-corrected chi connectivity index (χ0v) is 12.6. The Morgan fingerprint density at radius 2 is 1.61 bits per heavy atom. The van der Waals surface area contributed by atoms with Crippen molar-refractivity contribution in [2.24, 2.45) is 5.41 Å². The first-order valence-electron chi connectivity index (χ1n) is 7.04. The summed E-state index contributed by atoms with van der Waals surface area (Å²) in [6.07, 6.45) is 5.69. The lowest BCUT2D eigenvalue weighted by Gasteiger charge is -2.47. The van der Waals surface area contributed by atoms with Crippen molar-refractivity contribution < 1.29 is 5.21 Å². The Morgan fingerprint density at radius 1 is 1.11 bits per heavy atom. The average Bonchev–Trinajstić information content (AvgIpc) is 2.26. The van der Waals surface area contributed by atoms with Gasteiger partial charge in [-0.3, -0.25) is 0 Å². The highest BCUT2D eigenvalue weighted by molar-refractivity contribution is 5.10. The third-order valence-electron chi connectivity index (χ3n) is 3.83. The fraction of sp³-hybridized carbons (Fsp3) is 0.933. The Bertz CT molecular complexity index is 316. The molecule has 104 valence electrons. The lowest BCUT2D eigenvalue weighted by molar-refractivity contribution is -0.230. The molecule has 0 unspecified atom stereocenters. The molecule has 0 heterocycles. The van der Waals surface area contributed by atoms with Crippen LogP contribution in [0.4, 0.5) is 0 Å². The van der Waals surface area contributed by atoms with Gasteiger partial charge in [-0.15, -0.1) is 0 Å². The first-order valence-corrected chi connectivity index (χ1v) is 7.04. The van der Waals surface area contributed by atoms with Gasteiger partial charge in [-0.05, 0) is 38.5 Å². The Balaban J connectivity index is 2.89. The number of hydrogen-bond acceptors (Lipinski definition) is 3. The Morgan fingerprint density at radius 3 is 2.00 bits per heavy atom. The molecular formula is C15H28N2O. The second kappa shape index (κ2) is 5.19. The zero-order valence-electron chi connectivity index (χ0n) is 12.6. The molecule has 0 aromatic carbocycles. The second-order valence-corrected chi connectivity index (χ2v) is 7.57. The predicted molar refractivity (Wildman–Crippen MR) is 73.2 cm³/mol. The van der Waals surface area contributed by atoms with Crippen LogP contribution >= 0.6 is 0 Å². The highest BCUT2D eigenvalue weighted by Gasteiger charge is 2.45. The van der Waals surface area contributed by atoms with E-state index in [1.54, 1.807) is 0 Å². The summed E-state index contributed by atoms with van der Waals surface area (Å²) in [5.41, 5.74) is -0.909. The van der Waals surface area contributed by atoms with Crippen LogP contribution in [0.15, 0.2) is 0 Å². The first kappa shape index (κ1) is 15.5. The molecule has 0 bridgehead atoms. The third kappa shape index (κ3) is 3.46. The molecule has 0 aromatic heterocycles. The Hall–Kier alpha value is -0.590. The van der Waals surface area contributed by atoms with Gasteiger partial charge in [0.05, 0.1) is 6.07 Å². The molecule has 18 heavy (non-hydrogen) atoms. The summed E-state index contributed by atoms with van der Waals surface area (Å²) in [4.78, 5) is 0. The summed E-state index contributed by atoms with van der Waals surface area (Å²) in [6, 6.07) is 2.38. The largest absolute Gasteiger partial charge is 0.312 e. The molecule has 1 aliphatic rings. The second-order valence-electron chi connectivity index (χ2n) is 7.57. The van der Waals surface area contributed by atoms with E-state index in [0.29, 0.717) is 0 Å². The molecule has 1 N–H and O–H groups in total. The van der Waals surface area contributed by atoms with Crippen LogP contribution in [0.5, 0.6) is 0 Å². The lowest BCUT2D eigenvalue weighted by Crippen LogP contribution is -2.57. The van der Waals surface area contributed by atoms with Crippen LogP contribution in [-0.2, 0) is 0 Å². The molecule has 1 saturated carbocycles. The molecule has 0 radical (unpaired) electrons. The van der Waals surface area contributed by atoms with Gasteiger partial charge in [-0.2, -0.15) is 10.3 Å². The standard InChI is InChI=1S/C15H28N2O/c1-13(2,3)11-14(4,5)17(18)15(12-16)9-7-6-8-10-15/h18H,6-11H2,1-5H3. The lowest BCUT2D eigenvalue weighted by atomic mass is 9.76. The molecule has 0 atom stereocenters. The molecule has 0 spiro atoms. The smallest absolute Gasteiger partial charge is 0.133 e. The summed E-state index contributed by atoms with van der Waals surface area (Å²) in [6.45, 7) is 10.6. The topological polar surface area (TPSA) is 47.3 Å². The van der Waals surface area contributed by atoms with Crippen LogP contribution < -0.4 is 0 Å². The average molecular weight is 252 g/mol. The Labute approximate surface area is 112 Å². The van der Waals surface area contributed by atoms with E-state index in [1.165, 1.54) is 11.5 Å². The summed E-state index contributed by atoms with van der Waals surface area (Å²) < 4.78 is 0. The maximum Gasteiger partial charge on any atom is 0.133 e. The van der Waals surface area contributed by atoms with Gasteiger partial charge in [-0.25, -0.2) is 0 Å². The van der Waals surface area contributed by atoms with Crippen molar-refractivity contribution in [1.29, 1.82) is 5.26 Å². The van der Waals surface area contributed by atoms with Crippen LogP contribution in [0.3, 0.4) is 0 Å². The van der Waals surface area contributed by atoms with Gasteiger partial charge in [0.2, 0.25) is 0 Å². The van der Waals surface area contributed by atoms with Crippen molar-refractivity contribution in [3.05, 3.63) is 0 Å². The van der Waals surface area contributed by atoms with Gasteiger partial charge >= 0.3 is 0 Å². The highest BCUT2D eigenvalue weighted by Crippen LogP contribution is 2.40. The van der Waals surface area contributed by atoms with E-state index in [2.05, 4.69) is 26.8 Å². The molecule has 0 saturated heterocycles. The molecule has 0 aromatic rings. The van der Waals surface area contributed by atoms with Crippen LogP contribution in [-0.4, -0.2) is 21.3 Å².